The van der Waals surface area contributed by atoms with Crippen molar-refractivity contribution in [3.63, 3.8) is 0 Å². The lowest BCUT2D eigenvalue weighted by atomic mass is 10.1. The molecule has 2 rings (SSSR count). The van der Waals surface area contributed by atoms with Gasteiger partial charge < -0.3 is 5.32 Å². The number of hydrogen-bond donors (Lipinski definition) is 2. The van der Waals surface area contributed by atoms with E-state index in [0.717, 1.165) is 29.3 Å². The Morgan fingerprint density at radius 3 is 2.05 bits per heavy atom. The number of amides is 3. The van der Waals surface area contributed by atoms with E-state index in [0.29, 0.717) is 5.69 Å². The third-order valence-electron chi connectivity index (χ3n) is 2.90. The van der Waals surface area contributed by atoms with E-state index >= 15 is 0 Å². The molecule has 0 saturated heterocycles. The van der Waals surface area contributed by atoms with Crippen LogP contribution in [-0.4, -0.2) is 11.9 Å². The summed E-state index contributed by atoms with van der Waals surface area (Å²) >= 11 is 0. The van der Waals surface area contributed by atoms with Crippen molar-refractivity contribution in [1.29, 1.82) is 0 Å². The first kappa shape index (κ1) is 15.6. The van der Waals surface area contributed by atoms with Gasteiger partial charge in [0.15, 0.2) is 0 Å². The SMILES string of the molecule is Cc1cc(C)cc(NC(=O)NC(=O)c2c(F)cccc2F)c1. The van der Waals surface area contributed by atoms with Crippen LogP contribution in [0.3, 0.4) is 0 Å². The van der Waals surface area contributed by atoms with Gasteiger partial charge in [-0.2, -0.15) is 0 Å². The number of nitrogens with one attached hydrogen (secondary N) is 2. The third-order valence-corrected chi connectivity index (χ3v) is 2.90. The van der Waals surface area contributed by atoms with Crippen LogP contribution in [0, 0.1) is 25.5 Å². The summed E-state index contributed by atoms with van der Waals surface area (Å²) in [6.07, 6.45) is 0. The fourth-order valence-electron chi connectivity index (χ4n) is 2.09. The standard InChI is InChI=1S/C16H14F2N2O2/c1-9-6-10(2)8-11(7-9)19-16(22)20-15(21)14-12(17)4-3-5-13(14)18/h3-8H,1-2H3,(H2,19,20,21,22). The molecule has 0 aliphatic carbocycles. The largest absolute Gasteiger partial charge is 0.326 e. The summed E-state index contributed by atoms with van der Waals surface area (Å²) in [5.41, 5.74) is 1.55. The van der Waals surface area contributed by atoms with Crippen LogP contribution in [0.4, 0.5) is 19.3 Å². The third kappa shape index (κ3) is 3.66. The Bertz CT molecular complexity index is 704. The Hall–Kier alpha value is -2.76. The minimum absolute atomic E-state index is 0.483. The van der Waals surface area contributed by atoms with Gasteiger partial charge in [-0.05, 0) is 49.2 Å². The minimum atomic E-state index is -1.14. The van der Waals surface area contributed by atoms with Crippen LogP contribution in [0.5, 0.6) is 0 Å². The predicted molar refractivity (Wildman–Crippen MR) is 78.8 cm³/mol. The lowest BCUT2D eigenvalue weighted by Crippen LogP contribution is -2.35. The highest BCUT2D eigenvalue weighted by Gasteiger charge is 2.19. The first-order chi connectivity index (χ1) is 10.4. The Labute approximate surface area is 126 Å². The molecule has 0 bridgehead atoms. The number of carbonyl (C=O) groups excluding carboxylic acids is 2. The number of aryl methyl sites for hydroxylation is 2. The molecule has 0 radical (unpaired) electrons. The molecule has 2 aromatic rings. The van der Waals surface area contributed by atoms with Gasteiger partial charge in [-0.15, -0.1) is 0 Å². The molecule has 2 N–H and O–H groups in total. The highest BCUT2D eigenvalue weighted by molar-refractivity contribution is 6.08. The summed E-state index contributed by atoms with van der Waals surface area (Å²) in [5.74, 6) is -3.20. The zero-order valence-corrected chi connectivity index (χ0v) is 12.0. The smallest absolute Gasteiger partial charge is 0.308 e. The maximum atomic E-state index is 13.5. The molecule has 0 spiro atoms. The van der Waals surface area contributed by atoms with Gasteiger partial charge in [0.2, 0.25) is 0 Å². The van der Waals surface area contributed by atoms with Gasteiger partial charge >= 0.3 is 6.03 Å². The summed E-state index contributed by atoms with van der Waals surface area (Å²) < 4.78 is 26.9. The van der Waals surface area contributed by atoms with E-state index in [4.69, 9.17) is 0 Å². The van der Waals surface area contributed by atoms with Crippen molar-refractivity contribution in [2.45, 2.75) is 13.8 Å². The molecule has 0 aliphatic rings. The first-order valence-electron chi connectivity index (χ1n) is 6.51. The van der Waals surface area contributed by atoms with Crippen molar-refractivity contribution in [1.82, 2.24) is 5.32 Å². The van der Waals surface area contributed by atoms with E-state index in [2.05, 4.69) is 5.32 Å². The van der Waals surface area contributed by atoms with E-state index in [1.807, 2.05) is 25.2 Å². The zero-order chi connectivity index (χ0) is 16.3. The fourth-order valence-corrected chi connectivity index (χ4v) is 2.09. The second kappa shape index (κ2) is 6.34. The van der Waals surface area contributed by atoms with Gasteiger partial charge in [-0.25, -0.2) is 13.6 Å². The normalized spacial score (nSPS) is 10.2. The van der Waals surface area contributed by atoms with Crippen LogP contribution in [0.25, 0.3) is 0 Å². The molecule has 114 valence electrons. The maximum Gasteiger partial charge on any atom is 0.326 e. The number of carbonyl (C=O) groups is 2. The van der Waals surface area contributed by atoms with Crippen LogP contribution >= 0.6 is 0 Å². The predicted octanol–water partition coefficient (Wildman–Crippen LogP) is 3.54. The summed E-state index contributed by atoms with van der Waals surface area (Å²) in [5, 5.41) is 4.34. The molecule has 0 aromatic heterocycles. The average molecular weight is 304 g/mol. The van der Waals surface area contributed by atoms with Crippen LogP contribution in [-0.2, 0) is 0 Å². The molecular weight excluding hydrogens is 290 g/mol. The molecule has 0 aliphatic heterocycles. The molecule has 6 heteroatoms. The van der Waals surface area contributed by atoms with Crippen LogP contribution < -0.4 is 10.6 Å². The molecule has 0 fully saturated rings. The Morgan fingerprint density at radius 2 is 1.50 bits per heavy atom. The van der Waals surface area contributed by atoms with Gasteiger partial charge in [0, 0.05) is 5.69 Å². The molecule has 3 amide bonds. The second-order valence-corrected chi connectivity index (χ2v) is 4.88. The Morgan fingerprint density at radius 1 is 0.955 bits per heavy atom. The van der Waals surface area contributed by atoms with Gasteiger partial charge in [-0.3, -0.25) is 10.1 Å². The van der Waals surface area contributed by atoms with Gasteiger partial charge in [0.1, 0.15) is 17.2 Å². The fraction of sp³-hybridized carbons (Fsp3) is 0.125. The molecule has 2 aromatic carbocycles. The molecule has 0 saturated carbocycles. The number of halogens is 2. The summed E-state index contributed by atoms with van der Waals surface area (Å²) in [6, 6.07) is 7.50. The lowest BCUT2D eigenvalue weighted by Gasteiger charge is -2.09. The molecule has 0 atom stereocenters. The molecule has 0 heterocycles. The van der Waals surface area contributed by atoms with Gasteiger partial charge in [-0.1, -0.05) is 12.1 Å². The summed E-state index contributed by atoms with van der Waals surface area (Å²) in [6.45, 7) is 3.71. The number of urea groups is 1. The second-order valence-electron chi connectivity index (χ2n) is 4.88. The van der Waals surface area contributed by atoms with E-state index in [1.54, 1.807) is 12.1 Å². The zero-order valence-electron chi connectivity index (χ0n) is 12.0. The van der Waals surface area contributed by atoms with Crippen molar-refractivity contribution >= 4 is 17.6 Å². The number of hydrogen-bond acceptors (Lipinski definition) is 2. The number of imide groups is 1. The first-order valence-corrected chi connectivity index (χ1v) is 6.51. The van der Waals surface area contributed by atoms with E-state index < -0.39 is 29.1 Å². The molecule has 22 heavy (non-hydrogen) atoms. The number of benzene rings is 2. The Kier molecular flexibility index (Phi) is 4.50. The van der Waals surface area contributed by atoms with Crippen molar-refractivity contribution < 1.29 is 18.4 Å². The topological polar surface area (TPSA) is 58.2 Å². The van der Waals surface area contributed by atoms with Crippen LogP contribution in [0.15, 0.2) is 36.4 Å². The van der Waals surface area contributed by atoms with Crippen molar-refractivity contribution in [3.8, 4) is 0 Å². The number of rotatable bonds is 2. The summed E-state index contributed by atoms with van der Waals surface area (Å²) in [7, 11) is 0. The van der Waals surface area contributed by atoms with Crippen molar-refractivity contribution in [2.24, 2.45) is 0 Å². The minimum Gasteiger partial charge on any atom is -0.308 e. The van der Waals surface area contributed by atoms with Crippen LogP contribution in [0.2, 0.25) is 0 Å². The maximum absolute atomic E-state index is 13.5. The van der Waals surface area contributed by atoms with Crippen molar-refractivity contribution in [3.05, 3.63) is 64.7 Å². The number of anilines is 1. The highest BCUT2D eigenvalue weighted by Crippen LogP contribution is 2.14. The quantitative estimate of drug-likeness (QED) is 0.891. The molecule has 4 nitrogen and oxygen atoms in total. The monoisotopic (exact) mass is 304 g/mol. The van der Waals surface area contributed by atoms with Gasteiger partial charge in [0.05, 0.1) is 0 Å². The van der Waals surface area contributed by atoms with E-state index in [9.17, 15) is 18.4 Å². The van der Waals surface area contributed by atoms with Crippen LogP contribution in [0.1, 0.15) is 21.5 Å². The average Bonchev–Trinajstić information content (AvgIpc) is 2.36. The highest BCUT2D eigenvalue weighted by atomic mass is 19.1. The lowest BCUT2D eigenvalue weighted by molar-refractivity contribution is 0.0959. The van der Waals surface area contributed by atoms with Gasteiger partial charge in [0.25, 0.3) is 5.91 Å². The summed E-state index contributed by atoms with van der Waals surface area (Å²) in [4.78, 5) is 23.5. The van der Waals surface area contributed by atoms with E-state index in [-0.39, 0.29) is 0 Å². The Balaban J connectivity index is 2.10. The molecule has 0 unspecified atom stereocenters. The van der Waals surface area contributed by atoms with E-state index in [1.165, 1.54) is 0 Å². The molecular formula is C16H14F2N2O2. The van der Waals surface area contributed by atoms with Crippen molar-refractivity contribution in [2.75, 3.05) is 5.32 Å².